The summed E-state index contributed by atoms with van der Waals surface area (Å²) in [5, 5.41) is 12.3. The minimum absolute atomic E-state index is 0.0369. The Balaban J connectivity index is 1.71. The maximum Gasteiger partial charge on any atom is 0.244 e. The number of unbranched alkanes of at least 4 members (excludes halogenated alkanes) is 1. The number of nitrogens with zero attached hydrogens (tertiary/aromatic N) is 3. The molecule has 0 saturated heterocycles. The van der Waals surface area contributed by atoms with Gasteiger partial charge in [0, 0.05) is 7.05 Å². The number of anilines is 1. The number of sulfonamides is 1. The highest BCUT2D eigenvalue weighted by atomic mass is 32.2. The quantitative estimate of drug-likeness (QED) is 0.572. The smallest absolute Gasteiger partial charge is 0.244 e. The van der Waals surface area contributed by atoms with Crippen molar-refractivity contribution < 1.29 is 13.2 Å². The Morgan fingerprint density at radius 2 is 2.03 bits per heavy atom. The molecule has 1 amide bonds. The number of nitriles is 1. The van der Waals surface area contributed by atoms with Gasteiger partial charge in [0.05, 0.1) is 27.2 Å². The van der Waals surface area contributed by atoms with Gasteiger partial charge in [0.25, 0.3) is 0 Å². The van der Waals surface area contributed by atoms with Crippen LogP contribution in [0.3, 0.4) is 0 Å². The van der Waals surface area contributed by atoms with E-state index < -0.39 is 15.9 Å². The zero-order valence-corrected chi connectivity index (χ0v) is 18.4. The maximum absolute atomic E-state index is 12.7. The van der Waals surface area contributed by atoms with Gasteiger partial charge in [0.2, 0.25) is 15.9 Å². The summed E-state index contributed by atoms with van der Waals surface area (Å²) in [5.41, 5.74) is 2.06. The van der Waals surface area contributed by atoms with Crippen molar-refractivity contribution in [2.45, 2.75) is 31.1 Å². The van der Waals surface area contributed by atoms with E-state index in [2.05, 4.69) is 23.3 Å². The number of hydrogen-bond acceptors (Lipinski definition) is 6. The standard InChI is InChI=1S/C21H22N4O3S2/c1-3-4-7-15-10-11-17-18(12-15)29-21(23-17)24-20(26)14-25(2)30(27,28)19-9-6-5-8-16(19)13-22/h5-6,8-12H,3-4,7,14H2,1-2H3,(H,23,24,26). The van der Waals surface area contributed by atoms with Crippen LogP contribution in [0.15, 0.2) is 47.4 Å². The summed E-state index contributed by atoms with van der Waals surface area (Å²) in [5.74, 6) is -0.499. The zero-order chi connectivity index (χ0) is 21.7. The van der Waals surface area contributed by atoms with Crippen LogP contribution in [-0.2, 0) is 21.2 Å². The molecular weight excluding hydrogens is 420 g/mol. The van der Waals surface area contributed by atoms with E-state index in [4.69, 9.17) is 5.26 Å². The zero-order valence-electron chi connectivity index (χ0n) is 16.8. The van der Waals surface area contributed by atoms with E-state index >= 15 is 0 Å². The number of aryl methyl sites for hydroxylation is 1. The molecule has 0 spiro atoms. The fourth-order valence-corrected chi connectivity index (χ4v) is 5.17. The highest BCUT2D eigenvalue weighted by Gasteiger charge is 2.25. The van der Waals surface area contributed by atoms with Crippen LogP contribution in [0, 0.1) is 11.3 Å². The summed E-state index contributed by atoms with van der Waals surface area (Å²) in [4.78, 5) is 16.7. The molecule has 2 aromatic carbocycles. The minimum atomic E-state index is -3.98. The van der Waals surface area contributed by atoms with Crippen molar-refractivity contribution in [3.8, 4) is 6.07 Å². The van der Waals surface area contributed by atoms with Crippen molar-refractivity contribution in [1.29, 1.82) is 5.26 Å². The number of carbonyl (C=O) groups is 1. The number of nitrogens with one attached hydrogen (secondary N) is 1. The topological polar surface area (TPSA) is 103 Å². The average Bonchev–Trinajstić information content (AvgIpc) is 3.13. The monoisotopic (exact) mass is 442 g/mol. The molecule has 0 aliphatic rings. The summed E-state index contributed by atoms with van der Waals surface area (Å²) >= 11 is 1.36. The number of benzene rings is 2. The van der Waals surface area contributed by atoms with Crippen LogP contribution >= 0.6 is 11.3 Å². The van der Waals surface area contributed by atoms with Crippen LogP contribution in [0.25, 0.3) is 10.2 Å². The van der Waals surface area contributed by atoms with E-state index in [0.717, 1.165) is 33.8 Å². The second kappa shape index (κ2) is 9.34. The Morgan fingerprint density at radius 3 is 2.77 bits per heavy atom. The first-order valence-corrected chi connectivity index (χ1v) is 11.8. The van der Waals surface area contributed by atoms with Gasteiger partial charge in [-0.1, -0.05) is 42.9 Å². The van der Waals surface area contributed by atoms with E-state index in [1.54, 1.807) is 6.07 Å². The van der Waals surface area contributed by atoms with E-state index in [9.17, 15) is 13.2 Å². The lowest BCUT2D eigenvalue weighted by atomic mass is 10.1. The molecule has 1 heterocycles. The van der Waals surface area contributed by atoms with Gasteiger partial charge in [0.1, 0.15) is 6.07 Å². The Kier molecular flexibility index (Phi) is 6.82. The first-order valence-electron chi connectivity index (χ1n) is 9.50. The van der Waals surface area contributed by atoms with Crippen molar-refractivity contribution in [2.24, 2.45) is 0 Å². The molecule has 7 nitrogen and oxygen atoms in total. The largest absolute Gasteiger partial charge is 0.301 e. The van der Waals surface area contributed by atoms with Gasteiger partial charge in [-0.25, -0.2) is 13.4 Å². The Labute approximate surface area is 180 Å². The molecule has 0 aliphatic carbocycles. The summed E-state index contributed by atoms with van der Waals surface area (Å²) in [6.45, 7) is 1.76. The highest BCUT2D eigenvalue weighted by Crippen LogP contribution is 2.27. The summed E-state index contributed by atoms with van der Waals surface area (Å²) in [6, 6.07) is 13.8. The maximum atomic E-state index is 12.7. The lowest BCUT2D eigenvalue weighted by Gasteiger charge is -2.17. The second-order valence-corrected chi connectivity index (χ2v) is 9.89. The van der Waals surface area contributed by atoms with E-state index in [1.165, 1.54) is 42.1 Å². The summed E-state index contributed by atoms with van der Waals surface area (Å²) < 4.78 is 27.4. The highest BCUT2D eigenvalue weighted by molar-refractivity contribution is 7.89. The van der Waals surface area contributed by atoms with E-state index in [1.807, 2.05) is 18.2 Å². The first-order chi connectivity index (χ1) is 14.3. The number of fused-ring (bicyclic) bond motifs is 1. The third kappa shape index (κ3) is 4.84. The number of rotatable bonds is 8. The Morgan fingerprint density at radius 1 is 1.27 bits per heavy atom. The molecule has 0 saturated carbocycles. The molecule has 3 rings (SSSR count). The van der Waals surface area contributed by atoms with Crippen molar-refractivity contribution in [2.75, 3.05) is 18.9 Å². The number of aromatic nitrogens is 1. The van der Waals surface area contributed by atoms with Gasteiger partial charge < -0.3 is 5.32 Å². The van der Waals surface area contributed by atoms with Gasteiger partial charge >= 0.3 is 0 Å². The van der Waals surface area contributed by atoms with Crippen LogP contribution in [0.1, 0.15) is 30.9 Å². The minimum Gasteiger partial charge on any atom is -0.301 e. The SMILES string of the molecule is CCCCc1ccc2nc(NC(=O)CN(C)S(=O)(=O)c3ccccc3C#N)sc2c1. The molecule has 0 aliphatic heterocycles. The molecule has 3 aromatic rings. The van der Waals surface area contributed by atoms with Crippen LogP contribution in [-0.4, -0.2) is 37.2 Å². The van der Waals surface area contributed by atoms with Crippen molar-refractivity contribution in [1.82, 2.24) is 9.29 Å². The van der Waals surface area contributed by atoms with Gasteiger partial charge in [0.15, 0.2) is 5.13 Å². The van der Waals surface area contributed by atoms with Crippen molar-refractivity contribution in [3.05, 3.63) is 53.6 Å². The number of carbonyl (C=O) groups excluding carboxylic acids is 1. The van der Waals surface area contributed by atoms with E-state index in [-0.39, 0.29) is 17.0 Å². The van der Waals surface area contributed by atoms with Gasteiger partial charge in [-0.2, -0.15) is 9.57 Å². The summed E-state index contributed by atoms with van der Waals surface area (Å²) in [6.07, 6.45) is 3.24. The number of likely N-dealkylation sites (N-methyl/N-ethyl adjacent to an activating group) is 1. The molecule has 0 atom stereocenters. The average molecular weight is 443 g/mol. The van der Waals surface area contributed by atoms with Crippen LogP contribution in [0.5, 0.6) is 0 Å². The predicted molar refractivity (Wildman–Crippen MR) is 118 cm³/mol. The van der Waals surface area contributed by atoms with E-state index in [0.29, 0.717) is 5.13 Å². The first kappa shape index (κ1) is 21.9. The predicted octanol–water partition coefficient (Wildman–Crippen LogP) is 3.77. The molecule has 156 valence electrons. The Bertz CT molecular complexity index is 1210. The summed E-state index contributed by atoms with van der Waals surface area (Å²) in [7, 11) is -2.67. The van der Waals surface area contributed by atoms with Gasteiger partial charge in [-0.3, -0.25) is 4.79 Å². The molecule has 9 heteroatoms. The van der Waals surface area contributed by atoms with Gasteiger partial charge in [-0.05, 0) is 42.7 Å². The molecule has 30 heavy (non-hydrogen) atoms. The molecule has 0 fully saturated rings. The number of amides is 1. The number of thiazole rings is 1. The second-order valence-electron chi connectivity index (χ2n) is 6.84. The number of hydrogen-bond donors (Lipinski definition) is 1. The molecule has 1 N–H and O–H groups in total. The lowest BCUT2D eigenvalue weighted by Crippen LogP contribution is -2.35. The third-order valence-corrected chi connectivity index (χ3v) is 7.38. The molecule has 0 unspecified atom stereocenters. The molecule has 0 radical (unpaired) electrons. The molecular formula is C21H22N4O3S2. The van der Waals surface area contributed by atoms with Crippen LogP contribution < -0.4 is 5.32 Å². The fourth-order valence-electron chi connectivity index (χ4n) is 2.96. The molecule has 1 aromatic heterocycles. The Hall–Kier alpha value is -2.80. The van der Waals surface area contributed by atoms with Gasteiger partial charge in [-0.15, -0.1) is 0 Å². The van der Waals surface area contributed by atoms with Crippen molar-refractivity contribution >= 4 is 42.6 Å². The van der Waals surface area contributed by atoms with Crippen LogP contribution in [0.4, 0.5) is 5.13 Å². The fraction of sp³-hybridized carbons (Fsp3) is 0.286. The van der Waals surface area contributed by atoms with Crippen molar-refractivity contribution in [3.63, 3.8) is 0 Å². The normalized spacial score (nSPS) is 11.5. The third-order valence-electron chi connectivity index (χ3n) is 4.58. The lowest BCUT2D eigenvalue weighted by molar-refractivity contribution is -0.116. The molecule has 0 bridgehead atoms. The van der Waals surface area contributed by atoms with Crippen LogP contribution in [0.2, 0.25) is 0 Å².